The summed E-state index contributed by atoms with van der Waals surface area (Å²) in [6.07, 6.45) is 0. The van der Waals surface area contributed by atoms with Crippen LogP contribution >= 0.6 is 0 Å². The van der Waals surface area contributed by atoms with Gasteiger partial charge in [-0.15, -0.1) is 0 Å². The van der Waals surface area contributed by atoms with Gasteiger partial charge in [0.2, 0.25) is 0 Å². The Kier molecular flexibility index (Phi) is 8.40. The normalized spacial score (nSPS) is 11.8. The quantitative estimate of drug-likeness (QED) is 0.153. The van der Waals surface area contributed by atoms with Gasteiger partial charge in [0.15, 0.2) is 0 Å². The summed E-state index contributed by atoms with van der Waals surface area (Å²) in [5.74, 6) is 1.01. The third-order valence-electron chi connectivity index (χ3n) is 13.1. The van der Waals surface area contributed by atoms with Crippen LogP contribution in [0.25, 0.3) is 121 Å². The average molecular weight is 791 g/mol. The Balaban J connectivity index is 0.922. The number of benzene rings is 11. The van der Waals surface area contributed by atoms with Crippen molar-refractivity contribution in [2.45, 2.75) is 20.4 Å². The Hall–Kier alpha value is -7.81. The van der Waals surface area contributed by atoms with E-state index in [-0.39, 0.29) is 0 Å². The van der Waals surface area contributed by atoms with Crippen molar-refractivity contribution < 1.29 is 0 Å². The molecule has 12 rings (SSSR count). The zero-order chi connectivity index (χ0) is 41.3. The van der Waals surface area contributed by atoms with Crippen molar-refractivity contribution in [1.82, 2.24) is 9.55 Å². The van der Waals surface area contributed by atoms with Gasteiger partial charge in [-0.2, -0.15) is 0 Å². The van der Waals surface area contributed by atoms with Crippen molar-refractivity contribution in [2.75, 3.05) is 0 Å². The molecule has 0 radical (unpaired) electrons. The van der Waals surface area contributed by atoms with Crippen LogP contribution in [-0.4, -0.2) is 9.55 Å². The molecule has 0 spiro atoms. The zero-order valence-electron chi connectivity index (χ0n) is 34.7. The molecule has 1 aromatic heterocycles. The fourth-order valence-electron chi connectivity index (χ4n) is 10.2. The minimum Gasteiger partial charge on any atom is -0.324 e. The molecular weight excluding hydrogens is 749 g/mol. The van der Waals surface area contributed by atoms with Gasteiger partial charge in [-0.05, 0) is 136 Å². The number of nitrogens with zero attached hydrogens (tertiary/aromatic N) is 2. The second kappa shape index (κ2) is 14.4. The van der Waals surface area contributed by atoms with E-state index in [0.29, 0.717) is 0 Å². The second-order valence-electron chi connectivity index (χ2n) is 16.6. The van der Waals surface area contributed by atoms with E-state index in [9.17, 15) is 0 Å². The van der Waals surface area contributed by atoms with Gasteiger partial charge in [0.25, 0.3) is 0 Å². The van der Waals surface area contributed by atoms with Crippen molar-refractivity contribution in [2.24, 2.45) is 0 Å². The summed E-state index contributed by atoms with van der Waals surface area (Å²) in [4.78, 5) is 5.10. The highest BCUT2D eigenvalue weighted by Crippen LogP contribution is 2.43. The Morgan fingerprint density at radius 3 is 1.68 bits per heavy atom. The molecule has 0 fully saturated rings. The summed E-state index contributed by atoms with van der Waals surface area (Å²) >= 11 is 0. The van der Waals surface area contributed by atoms with E-state index >= 15 is 0 Å². The summed E-state index contributed by atoms with van der Waals surface area (Å²) < 4.78 is 2.30. The molecule has 0 aliphatic carbocycles. The molecule has 1 heterocycles. The van der Waals surface area contributed by atoms with Crippen LogP contribution < -0.4 is 0 Å². The van der Waals surface area contributed by atoms with Crippen molar-refractivity contribution in [3.63, 3.8) is 0 Å². The van der Waals surface area contributed by atoms with Gasteiger partial charge in [-0.3, -0.25) is 0 Å². The van der Waals surface area contributed by atoms with Crippen molar-refractivity contribution in [1.29, 1.82) is 0 Å². The van der Waals surface area contributed by atoms with Crippen LogP contribution in [-0.2, 0) is 6.54 Å². The Labute approximate surface area is 361 Å². The van der Waals surface area contributed by atoms with E-state index in [1.54, 1.807) is 0 Å². The fraction of sp³-hybridized carbons (Fsp3) is 0.0500. The van der Waals surface area contributed by atoms with Crippen LogP contribution in [0, 0.1) is 6.92 Å². The predicted molar refractivity (Wildman–Crippen MR) is 265 cm³/mol. The maximum absolute atomic E-state index is 5.10. The molecule has 0 unspecified atom stereocenters. The molecule has 0 saturated carbocycles. The lowest BCUT2D eigenvalue weighted by molar-refractivity contribution is 0.796. The van der Waals surface area contributed by atoms with E-state index in [1.165, 1.54) is 104 Å². The van der Waals surface area contributed by atoms with Gasteiger partial charge in [-0.1, -0.05) is 188 Å². The summed E-state index contributed by atoms with van der Waals surface area (Å²) in [5, 5.41) is 12.8. The first-order valence-corrected chi connectivity index (χ1v) is 21.7. The van der Waals surface area contributed by atoms with Crippen LogP contribution in [0.3, 0.4) is 0 Å². The minimum atomic E-state index is 0.866. The van der Waals surface area contributed by atoms with E-state index in [1.807, 2.05) is 0 Å². The lowest BCUT2D eigenvalue weighted by atomic mass is 9.87. The van der Waals surface area contributed by atoms with Crippen LogP contribution in [0.15, 0.2) is 206 Å². The van der Waals surface area contributed by atoms with Gasteiger partial charge in [-0.25, -0.2) is 4.98 Å². The molecule has 2 heteroatoms. The largest absolute Gasteiger partial charge is 0.324 e. The average Bonchev–Trinajstić information content (AvgIpc) is 3.71. The molecule has 0 aliphatic rings. The number of aromatic nitrogens is 2. The van der Waals surface area contributed by atoms with Crippen molar-refractivity contribution in [3.8, 4) is 55.9 Å². The number of hydrogen-bond acceptors (Lipinski definition) is 1. The first-order chi connectivity index (χ1) is 30.6. The molecule has 0 amide bonds. The minimum absolute atomic E-state index is 0.866. The standard InChI is InChI=1S/C60H42N2/c1-3-62-56-35-31-45(37-55(56)61-60(62)44-13-5-4-6-14-44)39-22-24-40(25-23-39)48-33-34-49(52-19-8-7-18-51(48)52)46-30-32-50-47(36-46)29-28-42-16-10-20-53(58(42)50)54-21-11-17-43-27-26-41-15-9-12-38(2)57(41)59(43)54/h4-37H,3H2,1-2H3. The summed E-state index contributed by atoms with van der Waals surface area (Å²) in [5.41, 5.74) is 14.4. The van der Waals surface area contributed by atoms with Crippen molar-refractivity contribution >= 4 is 64.9 Å². The molecule has 0 aliphatic heterocycles. The topological polar surface area (TPSA) is 17.8 Å². The first kappa shape index (κ1) is 36.1. The van der Waals surface area contributed by atoms with Gasteiger partial charge in [0.1, 0.15) is 5.82 Å². The Morgan fingerprint density at radius 2 is 0.952 bits per heavy atom. The molecule has 12 aromatic rings. The summed E-state index contributed by atoms with van der Waals surface area (Å²) in [6.45, 7) is 5.28. The molecule has 292 valence electrons. The molecule has 0 saturated heterocycles. The second-order valence-corrected chi connectivity index (χ2v) is 16.6. The van der Waals surface area contributed by atoms with Crippen LogP contribution in [0.1, 0.15) is 12.5 Å². The highest BCUT2D eigenvalue weighted by atomic mass is 15.1. The summed E-state index contributed by atoms with van der Waals surface area (Å²) in [6, 6.07) is 76.0. The zero-order valence-corrected chi connectivity index (χ0v) is 34.7. The molecule has 0 atom stereocenters. The lowest BCUT2D eigenvalue weighted by Gasteiger charge is -2.16. The third-order valence-corrected chi connectivity index (χ3v) is 13.1. The number of fused-ring (bicyclic) bond motifs is 8. The molecular formula is C60H42N2. The monoisotopic (exact) mass is 790 g/mol. The molecule has 2 nitrogen and oxygen atoms in total. The number of rotatable bonds is 6. The molecule has 0 N–H and O–H groups in total. The van der Waals surface area contributed by atoms with E-state index in [4.69, 9.17) is 4.98 Å². The molecule has 11 aromatic carbocycles. The van der Waals surface area contributed by atoms with Gasteiger partial charge >= 0.3 is 0 Å². The van der Waals surface area contributed by atoms with E-state index < -0.39 is 0 Å². The lowest BCUT2D eigenvalue weighted by Crippen LogP contribution is -1.97. The smallest absolute Gasteiger partial charge is 0.141 e. The fourth-order valence-corrected chi connectivity index (χ4v) is 10.2. The van der Waals surface area contributed by atoms with Gasteiger partial charge in [0.05, 0.1) is 11.0 Å². The highest BCUT2D eigenvalue weighted by Gasteiger charge is 2.17. The van der Waals surface area contributed by atoms with Gasteiger partial charge < -0.3 is 4.57 Å². The van der Waals surface area contributed by atoms with Crippen LogP contribution in [0.5, 0.6) is 0 Å². The molecule has 0 bridgehead atoms. The number of aryl methyl sites for hydroxylation is 2. The van der Waals surface area contributed by atoms with Crippen LogP contribution in [0.2, 0.25) is 0 Å². The highest BCUT2D eigenvalue weighted by molar-refractivity contribution is 6.22. The van der Waals surface area contributed by atoms with Crippen molar-refractivity contribution in [3.05, 3.63) is 212 Å². The number of imidazole rings is 1. The molecule has 62 heavy (non-hydrogen) atoms. The third kappa shape index (κ3) is 5.75. The number of hydrogen-bond donors (Lipinski definition) is 0. The predicted octanol–water partition coefficient (Wildman–Crippen LogP) is 16.5. The van der Waals surface area contributed by atoms with Crippen LogP contribution in [0.4, 0.5) is 0 Å². The van der Waals surface area contributed by atoms with Gasteiger partial charge in [0, 0.05) is 12.1 Å². The van der Waals surface area contributed by atoms with E-state index in [0.717, 1.165) is 29.0 Å². The Morgan fingerprint density at radius 1 is 0.371 bits per heavy atom. The Bertz CT molecular complexity index is 3720. The van der Waals surface area contributed by atoms with E-state index in [2.05, 4.69) is 225 Å². The first-order valence-electron chi connectivity index (χ1n) is 21.7. The maximum atomic E-state index is 5.10. The maximum Gasteiger partial charge on any atom is 0.141 e. The SMILES string of the molecule is CCn1c(-c2ccccc2)nc2cc(-c3ccc(-c4ccc(-c5ccc6c(ccc7cccc(-c8cccc9ccc%10cccc(C)c%10c89)c76)c5)c5ccccc45)cc3)ccc21. The summed E-state index contributed by atoms with van der Waals surface area (Å²) in [7, 11) is 0.